The number of hydrogen-bond donors (Lipinski definition) is 0. The van der Waals surface area contributed by atoms with Gasteiger partial charge in [0.1, 0.15) is 5.76 Å². The van der Waals surface area contributed by atoms with Gasteiger partial charge in [-0.2, -0.15) is 0 Å². The fraction of sp³-hybridized carbons (Fsp3) is 0.692. The Bertz CT molecular complexity index is 1210. The summed E-state index contributed by atoms with van der Waals surface area (Å²) >= 11 is 1.77. The molecule has 0 saturated carbocycles. The van der Waals surface area contributed by atoms with Crippen molar-refractivity contribution in [2.24, 2.45) is 5.92 Å². The predicted molar refractivity (Wildman–Crippen MR) is 207 cm³/mol. The zero-order valence-electron chi connectivity index (χ0n) is 32.2. The molecule has 1 aromatic carbocycles. The van der Waals surface area contributed by atoms with E-state index in [2.05, 4.69) is 86.8 Å². The first-order valence-electron chi connectivity index (χ1n) is 18.1. The number of esters is 2. The molecule has 0 amide bonds. The van der Waals surface area contributed by atoms with E-state index >= 15 is 0 Å². The van der Waals surface area contributed by atoms with Crippen molar-refractivity contribution in [2.75, 3.05) is 12.9 Å². The third-order valence-corrected chi connectivity index (χ3v) is 20.5. The lowest BCUT2D eigenvalue weighted by Crippen LogP contribution is -2.45. The molecule has 6 nitrogen and oxygen atoms in total. The predicted octanol–water partition coefficient (Wildman–Crippen LogP) is 11.5. The molecule has 0 spiro atoms. The van der Waals surface area contributed by atoms with E-state index in [9.17, 15) is 9.59 Å². The number of methoxy groups -OCH3 is 1. The van der Waals surface area contributed by atoms with Gasteiger partial charge in [0.05, 0.1) is 24.9 Å². The highest BCUT2D eigenvalue weighted by atomic mass is 32.2. The average Bonchev–Trinajstić information content (AvgIpc) is 3.30. The van der Waals surface area contributed by atoms with Crippen molar-refractivity contribution in [1.82, 2.24) is 0 Å². The molecule has 0 aliphatic heterocycles. The van der Waals surface area contributed by atoms with Crippen molar-refractivity contribution in [2.45, 2.75) is 155 Å². The smallest absolute Gasteiger partial charge is 0.343 e. The van der Waals surface area contributed by atoms with Crippen molar-refractivity contribution in [3.05, 3.63) is 58.7 Å². The summed E-state index contributed by atoms with van der Waals surface area (Å²) in [6.07, 6.45) is 12.6. The lowest BCUT2D eigenvalue weighted by molar-refractivity contribution is -0.140. The number of carbonyl (C=O) groups excluding carboxylic acids is 2. The van der Waals surface area contributed by atoms with Gasteiger partial charge >= 0.3 is 11.9 Å². The Morgan fingerprint density at radius 3 is 2.15 bits per heavy atom. The Morgan fingerprint density at radius 2 is 1.56 bits per heavy atom. The lowest BCUT2D eigenvalue weighted by Gasteiger charge is -2.40. The summed E-state index contributed by atoms with van der Waals surface area (Å²) in [6, 6.07) is 9.22. The highest BCUT2D eigenvalue weighted by Gasteiger charge is 2.45. The highest BCUT2D eigenvalue weighted by molar-refractivity contribution is 8.03. The number of rotatable bonds is 19. The Balaban J connectivity index is 2.51. The number of hydrogen-bond acceptors (Lipinski definition) is 7. The van der Waals surface area contributed by atoms with E-state index in [1.54, 1.807) is 23.9 Å². The lowest BCUT2D eigenvalue weighted by atomic mass is 10.0. The van der Waals surface area contributed by atoms with Gasteiger partial charge in [-0.25, -0.2) is 4.79 Å². The van der Waals surface area contributed by atoms with Crippen molar-refractivity contribution >= 4 is 40.3 Å². The number of carbonyl (C=O) groups is 2. The average molecular weight is 719 g/mol. The second-order valence-electron chi connectivity index (χ2n) is 16.2. The van der Waals surface area contributed by atoms with Crippen LogP contribution >= 0.6 is 11.8 Å². The minimum Gasteiger partial charge on any atom is -0.469 e. The van der Waals surface area contributed by atoms with Crippen LogP contribution in [0.15, 0.2) is 53.1 Å². The second-order valence-corrected chi connectivity index (χ2v) is 26.9. The molecular weight excluding hydrogens is 653 g/mol. The van der Waals surface area contributed by atoms with Crippen LogP contribution in [-0.4, -0.2) is 53.6 Å². The van der Waals surface area contributed by atoms with E-state index in [1.807, 2.05) is 18.2 Å². The van der Waals surface area contributed by atoms with Gasteiger partial charge in [0.25, 0.3) is 0 Å². The van der Waals surface area contributed by atoms with E-state index < -0.39 is 16.6 Å². The summed E-state index contributed by atoms with van der Waals surface area (Å²) in [5.41, 5.74) is 0.539. The van der Waals surface area contributed by atoms with Crippen LogP contribution in [0.25, 0.3) is 0 Å². The fourth-order valence-corrected chi connectivity index (χ4v) is 9.01. The molecule has 0 bridgehead atoms. The molecule has 48 heavy (non-hydrogen) atoms. The molecule has 0 heterocycles. The van der Waals surface area contributed by atoms with Crippen LogP contribution in [0.2, 0.25) is 36.3 Å². The zero-order valence-corrected chi connectivity index (χ0v) is 35.0. The molecule has 0 fully saturated rings. The first-order chi connectivity index (χ1) is 22.3. The molecular formula is C39H66O6SSi2. The Labute approximate surface area is 299 Å². The molecule has 3 atom stereocenters. The van der Waals surface area contributed by atoms with Crippen molar-refractivity contribution in [3.8, 4) is 0 Å². The molecule has 1 aliphatic carbocycles. The molecule has 0 radical (unpaired) electrons. The molecule has 272 valence electrons. The van der Waals surface area contributed by atoms with Gasteiger partial charge < -0.3 is 18.3 Å². The van der Waals surface area contributed by atoms with Crippen LogP contribution in [0.1, 0.15) is 117 Å². The molecule has 0 aromatic heterocycles. The van der Waals surface area contributed by atoms with Crippen molar-refractivity contribution in [3.63, 3.8) is 0 Å². The first kappa shape index (κ1) is 42.5. The van der Waals surface area contributed by atoms with E-state index in [0.29, 0.717) is 18.4 Å². The third-order valence-electron chi connectivity index (χ3n) is 10.2. The maximum Gasteiger partial charge on any atom is 0.343 e. The summed E-state index contributed by atoms with van der Waals surface area (Å²) in [6.45, 7) is 25.2. The van der Waals surface area contributed by atoms with Crippen LogP contribution in [-0.2, 0) is 23.1 Å². The van der Waals surface area contributed by atoms with Crippen LogP contribution in [0.5, 0.6) is 0 Å². The summed E-state index contributed by atoms with van der Waals surface area (Å²) in [5.74, 6) is 1.03. The Hall–Kier alpha value is -1.66. The van der Waals surface area contributed by atoms with Gasteiger partial charge in [-0.3, -0.25) is 4.79 Å². The van der Waals surface area contributed by atoms with Gasteiger partial charge in [0.15, 0.2) is 16.6 Å². The molecule has 1 aromatic rings. The molecule has 0 unspecified atom stereocenters. The molecule has 9 heteroatoms. The van der Waals surface area contributed by atoms with Gasteiger partial charge in [-0.05, 0) is 73.4 Å². The number of unbranched alkanes of at least 4 members (excludes halogenated alkanes) is 4. The number of benzene rings is 1. The van der Waals surface area contributed by atoms with E-state index in [1.165, 1.54) is 20.0 Å². The highest BCUT2D eigenvalue weighted by Crippen LogP contribution is 2.47. The largest absolute Gasteiger partial charge is 0.469 e. The number of thioether (sulfide) groups is 1. The fourth-order valence-electron chi connectivity index (χ4n) is 5.08. The van der Waals surface area contributed by atoms with E-state index in [-0.39, 0.29) is 40.1 Å². The monoisotopic (exact) mass is 718 g/mol. The van der Waals surface area contributed by atoms with Crippen LogP contribution < -0.4 is 0 Å². The normalized spacial score (nSPS) is 18.4. The van der Waals surface area contributed by atoms with Crippen LogP contribution in [0, 0.1) is 5.92 Å². The van der Waals surface area contributed by atoms with Gasteiger partial charge in [-0.15, -0.1) is 11.8 Å². The van der Waals surface area contributed by atoms with Crippen molar-refractivity contribution < 1.29 is 27.9 Å². The van der Waals surface area contributed by atoms with E-state index in [0.717, 1.165) is 48.5 Å². The number of ether oxygens (including phenoxy) is 2. The third kappa shape index (κ3) is 13.2. The Morgan fingerprint density at radius 1 is 0.917 bits per heavy atom. The minimum absolute atomic E-state index is 0.0199. The molecule has 0 N–H and O–H groups in total. The standard InChI is InChI=1S/C39H66O6SSi2/c1-13-14-17-24-31(44-47(9,10)38(2,3)4)26-27-32-33(45-48(11,12)39(5,6)7)29-34(43-37(41)30-22-18-15-19-23-30)36(32)46-28-21-16-20-25-35(40)42-8/h15,18-19,22-23,26-27,31-33H,13-14,16-17,20-21,24-25,28-29H2,1-12H3/b27-26+/t31-,32-,33+/m0/s1. The maximum absolute atomic E-state index is 13.4. The van der Waals surface area contributed by atoms with Gasteiger partial charge in [0, 0.05) is 23.7 Å². The topological polar surface area (TPSA) is 71.1 Å². The SMILES string of the molecule is CCCCC[C@@H](/C=C/[C@@H]1C(SCCCCCC(=O)OC)=C(OC(=O)c2ccccc2)C[C@H]1O[Si](C)(C)C(C)(C)C)O[Si](C)(C)C(C)(C)C. The molecule has 0 saturated heterocycles. The minimum atomic E-state index is -2.16. The van der Waals surface area contributed by atoms with Crippen LogP contribution in [0.3, 0.4) is 0 Å². The van der Waals surface area contributed by atoms with Crippen molar-refractivity contribution in [1.29, 1.82) is 0 Å². The quantitative estimate of drug-likeness (QED) is 0.0610. The summed E-state index contributed by atoms with van der Waals surface area (Å²) in [5, 5.41) is 0.143. The summed E-state index contributed by atoms with van der Waals surface area (Å²) in [4.78, 5) is 26.1. The second kappa shape index (κ2) is 19.1. The van der Waals surface area contributed by atoms with Gasteiger partial charge in [-0.1, -0.05) is 105 Å². The summed E-state index contributed by atoms with van der Waals surface area (Å²) < 4.78 is 25.2. The van der Waals surface area contributed by atoms with Gasteiger partial charge in [0.2, 0.25) is 0 Å². The Kier molecular flexibility index (Phi) is 16.9. The zero-order chi connectivity index (χ0) is 36.2. The van der Waals surface area contributed by atoms with E-state index in [4.69, 9.17) is 18.3 Å². The first-order valence-corrected chi connectivity index (χ1v) is 24.9. The maximum atomic E-state index is 13.4. The van der Waals surface area contributed by atoms with Crippen LogP contribution in [0.4, 0.5) is 0 Å². The molecule has 1 aliphatic rings. The molecule has 2 rings (SSSR count). The summed E-state index contributed by atoms with van der Waals surface area (Å²) in [7, 11) is -2.74.